The summed E-state index contributed by atoms with van der Waals surface area (Å²) in [6.45, 7) is 7.39. The maximum atomic E-state index is 7.82. The van der Waals surface area contributed by atoms with Crippen molar-refractivity contribution in [3.63, 3.8) is 0 Å². The summed E-state index contributed by atoms with van der Waals surface area (Å²) in [7, 11) is 0. The van der Waals surface area contributed by atoms with Crippen LogP contribution in [0.1, 0.15) is 136 Å². The molecular formula is C36H57AlO3. The van der Waals surface area contributed by atoms with Gasteiger partial charge in [-0.2, -0.15) is 0 Å². The van der Waals surface area contributed by atoms with Gasteiger partial charge in [0.1, 0.15) is 0 Å². The molecule has 4 heteroatoms. The van der Waals surface area contributed by atoms with Crippen molar-refractivity contribution >= 4 is 15.1 Å². The van der Waals surface area contributed by atoms with Crippen molar-refractivity contribution in [2.45, 2.75) is 153 Å². The number of hydrogen-bond acceptors (Lipinski definition) is 3. The Labute approximate surface area is 250 Å². The molecule has 3 nitrogen and oxygen atoms in total. The lowest BCUT2D eigenvalue weighted by molar-refractivity contribution is -0.236. The SMILES string of the molecule is CCC1([O][Al]([O]C2(CC)C3CC4CC(C3)CC2C4)[O]C2(CC)C3CC4CC(C3)CC2C4)C2CC3CC(C2)CC1C3. The van der Waals surface area contributed by atoms with E-state index in [4.69, 9.17) is 11.4 Å². The van der Waals surface area contributed by atoms with Crippen molar-refractivity contribution in [2.75, 3.05) is 0 Å². The second-order valence-electron chi connectivity index (χ2n) is 17.5. The van der Waals surface area contributed by atoms with Crippen molar-refractivity contribution in [1.29, 1.82) is 0 Å². The summed E-state index contributed by atoms with van der Waals surface area (Å²) in [5.41, 5.74) is 0.101. The molecule has 0 spiro atoms. The summed E-state index contributed by atoms with van der Waals surface area (Å²) in [6.07, 6.45) is 25.1. The van der Waals surface area contributed by atoms with Gasteiger partial charge in [0.25, 0.3) is 0 Å². The van der Waals surface area contributed by atoms with Crippen LogP contribution >= 0.6 is 0 Å². The maximum Gasteiger partial charge on any atom is 0.906 e. The van der Waals surface area contributed by atoms with Crippen LogP contribution in [0.3, 0.4) is 0 Å². The normalized spacial score (nSPS) is 58.3. The fraction of sp³-hybridized carbons (Fsp3) is 1.00. The molecule has 12 rings (SSSR count). The van der Waals surface area contributed by atoms with Gasteiger partial charge >= 0.3 is 15.1 Å². The first-order valence-electron chi connectivity index (χ1n) is 18.5. The highest BCUT2D eigenvalue weighted by molar-refractivity contribution is 6.37. The Bertz CT molecular complexity index is 783. The molecule has 12 bridgehead atoms. The van der Waals surface area contributed by atoms with Gasteiger partial charge in [-0.05, 0) is 187 Å². The Morgan fingerprint density at radius 1 is 0.375 bits per heavy atom. The van der Waals surface area contributed by atoms with E-state index in [0.29, 0.717) is 0 Å². The van der Waals surface area contributed by atoms with E-state index in [1.54, 1.807) is 0 Å². The molecule has 0 aromatic carbocycles. The van der Waals surface area contributed by atoms with Gasteiger partial charge < -0.3 is 11.4 Å². The predicted molar refractivity (Wildman–Crippen MR) is 159 cm³/mol. The summed E-state index contributed by atoms with van der Waals surface area (Å²) in [5, 5.41) is 0. The van der Waals surface area contributed by atoms with E-state index in [-0.39, 0.29) is 16.8 Å². The van der Waals surface area contributed by atoms with E-state index in [2.05, 4.69) is 20.8 Å². The lowest BCUT2D eigenvalue weighted by atomic mass is 9.49. The van der Waals surface area contributed by atoms with Crippen LogP contribution in [0.15, 0.2) is 0 Å². The Morgan fingerprint density at radius 2 is 0.575 bits per heavy atom. The summed E-state index contributed by atoms with van der Waals surface area (Å²) in [5.74, 6) is 10.4. The molecule has 12 saturated carbocycles. The molecule has 0 aliphatic heterocycles. The molecular weight excluding hydrogens is 507 g/mol. The minimum absolute atomic E-state index is 0.0337. The highest BCUT2D eigenvalue weighted by Gasteiger charge is 2.66. The predicted octanol–water partition coefficient (Wildman–Crippen LogP) is 8.84. The van der Waals surface area contributed by atoms with Gasteiger partial charge in [-0.25, -0.2) is 0 Å². The van der Waals surface area contributed by atoms with E-state index >= 15 is 0 Å². The van der Waals surface area contributed by atoms with E-state index in [9.17, 15) is 0 Å². The molecule has 0 radical (unpaired) electrons. The van der Waals surface area contributed by atoms with Crippen molar-refractivity contribution in [3.8, 4) is 0 Å². The van der Waals surface area contributed by atoms with Crippen LogP contribution in [0.2, 0.25) is 0 Å². The monoisotopic (exact) mass is 564 g/mol. The molecule has 0 aromatic heterocycles. The molecule has 12 aliphatic carbocycles. The first kappa shape index (κ1) is 26.8. The van der Waals surface area contributed by atoms with Crippen molar-refractivity contribution < 1.29 is 11.4 Å². The van der Waals surface area contributed by atoms with Crippen LogP contribution in [0, 0.1) is 71.0 Å². The standard InChI is InChI=1S/3C12H19O.Al/c3*1-2-12(13)10-4-8-3-9(6-10)7-11(12)5-8;/h3*8-11H,2-7H2,1H3;/q3*-1;+3. The quantitative estimate of drug-likeness (QED) is 0.262. The third kappa shape index (κ3) is 3.71. The lowest BCUT2D eigenvalue weighted by Crippen LogP contribution is -2.67. The fourth-order valence-corrected chi connectivity index (χ4v) is 18.0. The molecule has 0 amide bonds. The van der Waals surface area contributed by atoms with Gasteiger partial charge in [-0.1, -0.05) is 20.8 Å². The van der Waals surface area contributed by atoms with Gasteiger partial charge in [0.05, 0.1) is 0 Å². The number of rotatable bonds is 9. The molecule has 0 saturated heterocycles. The second-order valence-corrected chi connectivity index (χ2v) is 18.8. The summed E-state index contributed by atoms with van der Waals surface area (Å²) in [6, 6.07) is 0. The third-order valence-corrected chi connectivity index (χ3v) is 18.1. The zero-order valence-corrected chi connectivity index (χ0v) is 27.1. The molecule has 0 heterocycles. The fourth-order valence-electron chi connectivity index (χ4n) is 15.1. The van der Waals surface area contributed by atoms with Crippen LogP contribution < -0.4 is 0 Å². The first-order chi connectivity index (χ1) is 19.4. The third-order valence-electron chi connectivity index (χ3n) is 16.2. The Morgan fingerprint density at radius 3 is 0.750 bits per heavy atom. The highest BCUT2D eigenvalue weighted by atomic mass is 27.3. The van der Waals surface area contributed by atoms with Crippen LogP contribution in [-0.2, 0) is 11.4 Å². The van der Waals surface area contributed by atoms with Crippen LogP contribution in [0.25, 0.3) is 0 Å². The topological polar surface area (TPSA) is 27.7 Å². The van der Waals surface area contributed by atoms with Gasteiger partial charge in [-0.15, -0.1) is 0 Å². The van der Waals surface area contributed by atoms with Crippen LogP contribution in [0.5, 0.6) is 0 Å². The second kappa shape index (κ2) is 9.46. The number of hydrogen-bond donors (Lipinski definition) is 0. The molecule has 0 atom stereocenters. The Balaban J connectivity index is 1.08. The Kier molecular flexibility index (Phi) is 6.33. The first-order valence-corrected chi connectivity index (χ1v) is 19.9. The zero-order chi connectivity index (χ0) is 26.9. The molecule has 40 heavy (non-hydrogen) atoms. The van der Waals surface area contributed by atoms with Crippen LogP contribution in [0.4, 0.5) is 0 Å². The van der Waals surface area contributed by atoms with Crippen molar-refractivity contribution in [3.05, 3.63) is 0 Å². The summed E-state index contributed by atoms with van der Waals surface area (Å²) in [4.78, 5) is 0. The molecule has 12 aliphatic rings. The van der Waals surface area contributed by atoms with Crippen molar-refractivity contribution in [2.24, 2.45) is 71.0 Å². The van der Waals surface area contributed by atoms with E-state index < -0.39 is 15.1 Å². The van der Waals surface area contributed by atoms with Gasteiger partial charge in [0.2, 0.25) is 0 Å². The van der Waals surface area contributed by atoms with E-state index in [1.165, 1.54) is 116 Å². The van der Waals surface area contributed by atoms with Crippen molar-refractivity contribution in [1.82, 2.24) is 0 Å². The lowest BCUT2D eigenvalue weighted by Gasteiger charge is -2.65. The van der Waals surface area contributed by atoms with E-state index in [0.717, 1.165) is 71.0 Å². The van der Waals surface area contributed by atoms with Crippen LogP contribution in [-0.4, -0.2) is 32.0 Å². The smallest absolute Gasteiger partial charge is 0.449 e. The molecule has 0 aromatic rings. The molecule has 12 fully saturated rings. The summed E-state index contributed by atoms with van der Waals surface area (Å²) >= 11 is -2.40. The Hall–Kier alpha value is 0.412. The molecule has 0 N–H and O–H groups in total. The zero-order valence-electron chi connectivity index (χ0n) is 26.0. The van der Waals surface area contributed by atoms with Gasteiger partial charge in [-0.3, -0.25) is 0 Å². The average molecular weight is 565 g/mol. The van der Waals surface area contributed by atoms with Gasteiger partial charge in [0.15, 0.2) is 0 Å². The largest absolute Gasteiger partial charge is 0.906 e. The summed E-state index contributed by atoms with van der Waals surface area (Å²) < 4.78 is 23.5. The molecule has 222 valence electrons. The minimum atomic E-state index is -2.40. The average Bonchev–Trinajstić information content (AvgIpc) is 2.93. The maximum absolute atomic E-state index is 7.82. The van der Waals surface area contributed by atoms with Gasteiger partial charge in [0, 0.05) is 16.8 Å². The molecule has 0 unspecified atom stereocenters. The highest BCUT2D eigenvalue weighted by Crippen LogP contribution is 2.65. The van der Waals surface area contributed by atoms with E-state index in [1.807, 2.05) is 0 Å². The minimum Gasteiger partial charge on any atom is -0.449 e.